The number of nitrogens with one attached hydrogen (secondary N) is 1. The molecule has 6 nitrogen and oxygen atoms in total. The Morgan fingerprint density at radius 1 is 1.47 bits per heavy atom. The quantitative estimate of drug-likeness (QED) is 0.465. The number of hydrogen-bond acceptors (Lipinski definition) is 4. The van der Waals surface area contributed by atoms with E-state index < -0.39 is 0 Å². The number of aromatic nitrogens is 3. The lowest BCUT2D eigenvalue weighted by Crippen LogP contribution is -2.31. The number of hydrazine groups is 1. The normalized spacial score (nSPS) is 13.1. The zero-order valence-electron chi connectivity index (χ0n) is 10.4. The highest BCUT2D eigenvalue weighted by Crippen LogP contribution is 2.24. The van der Waals surface area contributed by atoms with Crippen LogP contribution in [0.15, 0.2) is 30.2 Å². The molecule has 96 valence electrons. The molecule has 0 saturated heterocycles. The molecule has 0 aliphatic heterocycles. The van der Waals surface area contributed by atoms with Crippen molar-refractivity contribution in [3.05, 3.63) is 47.2 Å². The Morgan fingerprint density at radius 3 is 3.00 bits per heavy atom. The largest absolute Gasteiger partial charge is 0.290 e. The minimum Gasteiger partial charge on any atom is -0.290 e. The highest BCUT2D eigenvalue weighted by molar-refractivity contribution is 5.99. The van der Waals surface area contributed by atoms with E-state index in [9.17, 15) is 4.79 Å². The molecule has 0 bridgehead atoms. The third-order valence-corrected chi connectivity index (χ3v) is 3.09. The molecule has 0 aromatic carbocycles. The van der Waals surface area contributed by atoms with Crippen molar-refractivity contribution in [1.82, 2.24) is 20.0 Å². The number of aryl methyl sites for hydroxylation is 1. The standard InChI is InChI=1S/C13H13N5O/c1-8-6-18(7-15-8)12-3-2-9-4-10(13(19)17-14)5-11(9)16-12/h2-3,5-7H,4,14H2,1H3,(H,17,19). The molecule has 0 radical (unpaired) electrons. The lowest BCUT2D eigenvalue weighted by atomic mass is 10.1. The number of rotatable bonds is 2. The van der Waals surface area contributed by atoms with Gasteiger partial charge in [0.1, 0.15) is 12.1 Å². The van der Waals surface area contributed by atoms with E-state index in [1.165, 1.54) is 0 Å². The molecule has 19 heavy (non-hydrogen) atoms. The Labute approximate surface area is 109 Å². The molecule has 0 fully saturated rings. The Morgan fingerprint density at radius 2 is 2.32 bits per heavy atom. The van der Waals surface area contributed by atoms with Gasteiger partial charge in [-0.1, -0.05) is 6.07 Å². The summed E-state index contributed by atoms with van der Waals surface area (Å²) in [5.74, 6) is 5.65. The fraction of sp³-hybridized carbons (Fsp3) is 0.154. The zero-order valence-corrected chi connectivity index (χ0v) is 10.4. The maximum atomic E-state index is 11.5. The van der Waals surface area contributed by atoms with Gasteiger partial charge < -0.3 is 0 Å². The Balaban J connectivity index is 1.97. The predicted molar refractivity (Wildman–Crippen MR) is 70.1 cm³/mol. The molecule has 0 unspecified atom stereocenters. The van der Waals surface area contributed by atoms with Crippen molar-refractivity contribution in [2.24, 2.45) is 5.84 Å². The van der Waals surface area contributed by atoms with Gasteiger partial charge in [0.2, 0.25) is 0 Å². The lowest BCUT2D eigenvalue weighted by Gasteiger charge is -2.03. The fourth-order valence-electron chi connectivity index (χ4n) is 2.12. The van der Waals surface area contributed by atoms with Gasteiger partial charge >= 0.3 is 0 Å². The molecule has 2 heterocycles. The maximum Gasteiger partial charge on any atom is 0.261 e. The van der Waals surface area contributed by atoms with E-state index in [2.05, 4.69) is 15.4 Å². The molecule has 6 heteroatoms. The first-order valence-corrected chi connectivity index (χ1v) is 5.90. The highest BCUT2D eigenvalue weighted by Gasteiger charge is 2.19. The average Bonchev–Trinajstić information content (AvgIpc) is 3.02. The van der Waals surface area contributed by atoms with Crippen LogP contribution >= 0.6 is 0 Å². The number of hydrogen-bond donors (Lipinski definition) is 2. The Kier molecular flexibility index (Phi) is 2.64. The molecule has 1 aliphatic rings. The van der Waals surface area contributed by atoms with Crippen LogP contribution in [0, 0.1) is 6.92 Å². The van der Waals surface area contributed by atoms with Gasteiger partial charge in [0.25, 0.3) is 5.91 Å². The number of carbonyl (C=O) groups excluding carboxylic acids is 1. The minimum atomic E-state index is -0.266. The lowest BCUT2D eigenvalue weighted by molar-refractivity contribution is -0.117. The number of pyridine rings is 1. The Hall–Kier alpha value is -2.47. The van der Waals surface area contributed by atoms with Gasteiger partial charge in [-0.2, -0.15) is 0 Å². The number of imidazole rings is 1. The van der Waals surface area contributed by atoms with Crippen molar-refractivity contribution in [2.75, 3.05) is 0 Å². The fourth-order valence-corrected chi connectivity index (χ4v) is 2.12. The van der Waals surface area contributed by atoms with Crippen molar-refractivity contribution >= 4 is 12.0 Å². The highest BCUT2D eigenvalue weighted by atomic mass is 16.2. The summed E-state index contributed by atoms with van der Waals surface area (Å²) >= 11 is 0. The van der Waals surface area contributed by atoms with E-state index in [1.807, 2.05) is 29.8 Å². The molecule has 0 atom stereocenters. The Bertz CT molecular complexity index is 686. The molecule has 3 rings (SSSR count). The SMILES string of the molecule is Cc1cn(-c2ccc3c(n2)C=C(C(=O)NN)C3)cn1. The van der Waals surface area contributed by atoms with E-state index in [-0.39, 0.29) is 5.91 Å². The zero-order chi connectivity index (χ0) is 13.4. The van der Waals surface area contributed by atoms with Gasteiger partial charge in [0.15, 0.2) is 0 Å². The van der Waals surface area contributed by atoms with Crippen LogP contribution < -0.4 is 11.3 Å². The average molecular weight is 255 g/mol. The van der Waals surface area contributed by atoms with Crippen LogP contribution in [0.25, 0.3) is 11.9 Å². The van der Waals surface area contributed by atoms with E-state index >= 15 is 0 Å². The summed E-state index contributed by atoms with van der Waals surface area (Å²) in [6, 6.07) is 3.89. The number of amides is 1. The van der Waals surface area contributed by atoms with Crippen molar-refractivity contribution in [3.63, 3.8) is 0 Å². The third-order valence-electron chi connectivity index (χ3n) is 3.09. The van der Waals surface area contributed by atoms with Crippen LogP contribution in [0.1, 0.15) is 17.0 Å². The van der Waals surface area contributed by atoms with Gasteiger partial charge in [-0.3, -0.25) is 14.8 Å². The maximum absolute atomic E-state index is 11.5. The van der Waals surface area contributed by atoms with Crippen molar-refractivity contribution in [3.8, 4) is 5.82 Å². The van der Waals surface area contributed by atoms with Gasteiger partial charge in [0, 0.05) is 18.2 Å². The van der Waals surface area contributed by atoms with Crippen LogP contribution in [0.3, 0.4) is 0 Å². The topological polar surface area (TPSA) is 85.8 Å². The first kappa shape index (κ1) is 11.6. The van der Waals surface area contributed by atoms with Crippen LogP contribution in [0.2, 0.25) is 0 Å². The predicted octanol–water partition coefficient (Wildman–Crippen LogP) is 0.505. The van der Waals surface area contributed by atoms with Gasteiger partial charge in [-0.05, 0) is 24.6 Å². The molecule has 0 saturated carbocycles. The first-order valence-electron chi connectivity index (χ1n) is 5.90. The molecule has 2 aromatic heterocycles. The molecular weight excluding hydrogens is 242 g/mol. The van der Waals surface area contributed by atoms with Crippen molar-refractivity contribution in [1.29, 1.82) is 0 Å². The molecular formula is C13H13N5O. The van der Waals surface area contributed by atoms with Gasteiger partial charge in [-0.25, -0.2) is 15.8 Å². The minimum absolute atomic E-state index is 0.266. The van der Waals surface area contributed by atoms with E-state index in [0.29, 0.717) is 12.0 Å². The number of nitrogens with zero attached hydrogens (tertiary/aromatic N) is 3. The number of fused-ring (bicyclic) bond motifs is 1. The molecule has 2 aromatic rings. The summed E-state index contributed by atoms with van der Waals surface area (Å²) < 4.78 is 1.85. The third kappa shape index (κ3) is 2.02. The summed E-state index contributed by atoms with van der Waals surface area (Å²) in [7, 11) is 0. The van der Waals surface area contributed by atoms with E-state index in [1.54, 1.807) is 12.4 Å². The molecule has 1 amide bonds. The van der Waals surface area contributed by atoms with Crippen molar-refractivity contribution < 1.29 is 4.79 Å². The second-order valence-corrected chi connectivity index (χ2v) is 4.46. The molecule has 0 spiro atoms. The van der Waals surface area contributed by atoms with Gasteiger partial charge in [0.05, 0.1) is 11.4 Å². The van der Waals surface area contributed by atoms with Crippen LogP contribution in [0.4, 0.5) is 0 Å². The van der Waals surface area contributed by atoms with E-state index in [0.717, 1.165) is 22.8 Å². The van der Waals surface area contributed by atoms with Gasteiger partial charge in [-0.15, -0.1) is 0 Å². The second-order valence-electron chi connectivity index (χ2n) is 4.46. The first-order chi connectivity index (χ1) is 9.17. The molecule has 3 N–H and O–H groups in total. The summed E-state index contributed by atoms with van der Waals surface area (Å²) in [5, 5.41) is 0. The van der Waals surface area contributed by atoms with E-state index in [4.69, 9.17) is 5.84 Å². The summed E-state index contributed by atoms with van der Waals surface area (Å²) in [6.45, 7) is 1.92. The summed E-state index contributed by atoms with van der Waals surface area (Å²) in [6.07, 6.45) is 5.95. The second kappa shape index (κ2) is 4.33. The number of carbonyl (C=O) groups is 1. The van der Waals surface area contributed by atoms with Crippen molar-refractivity contribution in [2.45, 2.75) is 13.3 Å². The smallest absolute Gasteiger partial charge is 0.261 e. The van der Waals surface area contributed by atoms with Crippen LogP contribution in [-0.2, 0) is 11.2 Å². The van der Waals surface area contributed by atoms with Crippen LogP contribution in [0.5, 0.6) is 0 Å². The summed E-state index contributed by atoms with van der Waals surface area (Å²) in [4.78, 5) is 20.2. The summed E-state index contributed by atoms with van der Waals surface area (Å²) in [5.41, 5.74) is 5.54. The monoisotopic (exact) mass is 255 g/mol. The number of nitrogens with two attached hydrogens (primary N) is 1. The molecule has 1 aliphatic carbocycles. The van der Waals surface area contributed by atoms with Crippen LogP contribution in [-0.4, -0.2) is 20.4 Å².